The van der Waals surface area contributed by atoms with Crippen LogP contribution in [0, 0.1) is 5.92 Å². The van der Waals surface area contributed by atoms with Gasteiger partial charge in [0.05, 0.1) is 17.6 Å². The monoisotopic (exact) mass is 261 g/mol. The van der Waals surface area contributed by atoms with Crippen LogP contribution in [-0.2, 0) is 0 Å². The van der Waals surface area contributed by atoms with Crippen molar-refractivity contribution in [2.45, 2.75) is 58.5 Å². The van der Waals surface area contributed by atoms with Crippen LogP contribution in [0.4, 0.5) is 5.69 Å². The maximum atomic E-state index is 5.87. The zero-order valence-electron chi connectivity index (χ0n) is 12.5. The van der Waals surface area contributed by atoms with Crippen LogP contribution in [0.5, 0.6) is 0 Å². The summed E-state index contributed by atoms with van der Waals surface area (Å²) in [7, 11) is 0. The number of nitrogens with zero attached hydrogens (tertiary/aromatic N) is 2. The number of nitrogens with two attached hydrogens (primary N) is 1. The van der Waals surface area contributed by atoms with Gasteiger partial charge >= 0.3 is 0 Å². The molecule has 0 amide bonds. The topological polar surface area (TPSA) is 42.1 Å². The van der Waals surface area contributed by atoms with E-state index in [9.17, 15) is 0 Å². The van der Waals surface area contributed by atoms with E-state index < -0.39 is 0 Å². The Morgan fingerprint density at radius 2 is 1.95 bits per heavy atom. The van der Waals surface area contributed by atoms with E-state index in [0.717, 1.165) is 12.2 Å². The van der Waals surface area contributed by atoms with Gasteiger partial charge in [0, 0.05) is 18.6 Å². The number of pyridine rings is 1. The maximum absolute atomic E-state index is 5.87. The van der Waals surface area contributed by atoms with Crippen molar-refractivity contribution in [1.29, 1.82) is 0 Å². The molecule has 1 atom stereocenters. The van der Waals surface area contributed by atoms with Crippen LogP contribution in [0.2, 0.25) is 0 Å². The van der Waals surface area contributed by atoms with Crippen LogP contribution in [-0.4, -0.2) is 17.6 Å². The molecular weight excluding hydrogens is 234 g/mol. The Balaban J connectivity index is 2.16. The van der Waals surface area contributed by atoms with E-state index in [1.807, 2.05) is 13.1 Å². The molecule has 1 heterocycles. The molecule has 0 aliphatic heterocycles. The Morgan fingerprint density at radius 1 is 1.26 bits per heavy atom. The molecule has 0 radical (unpaired) electrons. The predicted molar refractivity (Wildman–Crippen MR) is 81.3 cm³/mol. The standard InChI is InChI=1S/C16H27N3/c1-12(2)11-19(14-6-4-5-7-14)15-8-9-16(13(3)17)18-10-15/h8-10,12-14H,4-7,11,17H2,1-3H3. The lowest BCUT2D eigenvalue weighted by Crippen LogP contribution is -2.36. The van der Waals surface area contributed by atoms with Gasteiger partial charge in [0.15, 0.2) is 0 Å². The third-order valence-corrected chi connectivity index (χ3v) is 3.90. The van der Waals surface area contributed by atoms with Crippen LogP contribution >= 0.6 is 0 Å². The van der Waals surface area contributed by atoms with Crippen molar-refractivity contribution in [2.24, 2.45) is 11.7 Å². The molecule has 3 nitrogen and oxygen atoms in total. The van der Waals surface area contributed by atoms with Crippen LogP contribution < -0.4 is 10.6 Å². The Hall–Kier alpha value is -1.09. The molecule has 1 aliphatic carbocycles. The fourth-order valence-electron chi connectivity index (χ4n) is 2.91. The van der Waals surface area contributed by atoms with Gasteiger partial charge in [-0.3, -0.25) is 4.98 Å². The van der Waals surface area contributed by atoms with Crippen LogP contribution in [0.15, 0.2) is 18.3 Å². The van der Waals surface area contributed by atoms with Crippen molar-refractivity contribution < 1.29 is 0 Å². The van der Waals surface area contributed by atoms with Gasteiger partial charge in [-0.2, -0.15) is 0 Å². The van der Waals surface area contributed by atoms with Crippen LogP contribution in [0.25, 0.3) is 0 Å². The summed E-state index contributed by atoms with van der Waals surface area (Å²) in [6.07, 6.45) is 7.37. The molecule has 106 valence electrons. The molecule has 1 unspecified atom stereocenters. The van der Waals surface area contributed by atoms with Gasteiger partial charge in [0.2, 0.25) is 0 Å². The second kappa shape index (κ2) is 6.38. The molecule has 0 saturated heterocycles. The molecule has 0 spiro atoms. The summed E-state index contributed by atoms with van der Waals surface area (Å²) in [5.41, 5.74) is 8.09. The highest BCUT2D eigenvalue weighted by molar-refractivity contribution is 5.46. The van der Waals surface area contributed by atoms with E-state index in [1.54, 1.807) is 0 Å². The van der Waals surface area contributed by atoms with Gasteiger partial charge in [0.1, 0.15) is 0 Å². The normalized spacial score (nSPS) is 17.9. The third-order valence-electron chi connectivity index (χ3n) is 3.90. The van der Waals surface area contributed by atoms with E-state index in [2.05, 4.69) is 35.9 Å². The van der Waals surface area contributed by atoms with E-state index in [4.69, 9.17) is 5.73 Å². The van der Waals surface area contributed by atoms with Crippen LogP contribution in [0.3, 0.4) is 0 Å². The van der Waals surface area contributed by atoms with Crippen molar-refractivity contribution >= 4 is 5.69 Å². The lowest BCUT2D eigenvalue weighted by molar-refractivity contribution is 0.535. The summed E-state index contributed by atoms with van der Waals surface area (Å²) < 4.78 is 0. The average molecular weight is 261 g/mol. The fourth-order valence-corrected chi connectivity index (χ4v) is 2.91. The minimum absolute atomic E-state index is 0.0130. The van der Waals surface area contributed by atoms with Crippen molar-refractivity contribution in [2.75, 3.05) is 11.4 Å². The summed E-state index contributed by atoms with van der Waals surface area (Å²) in [6, 6.07) is 4.97. The Kier molecular flexibility index (Phi) is 4.81. The Bertz CT molecular complexity index is 377. The quantitative estimate of drug-likeness (QED) is 0.882. The third kappa shape index (κ3) is 3.69. The highest BCUT2D eigenvalue weighted by Crippen LogP contribution is 2.29. The first-order valence-electron chi connectivity index (χ1n) is 7.56. The number of hydrogen-bond acceptors (Lipinski definition) is 3. The van der Waals surface area contributed by atoms with Crippen LogP contribution in [0.1, 0.15) is 58.2 Å². The highest BCUT2D eigenvalue weighted by atomic mass is 15.2. The van der Waals surface area contributed by atoms with E-state index >= 15 is 0 Å². The molecule has 2 N–H and O–H groups in total. The molecule has 1 saturated carbocycles. The molecule has 1 fully saturated rings. The first-order valence-corrected chi connectivity index (χ1v) is 7.56. The number of hydrogen-bond donors (Lipinski definition) is 1. The lowest BCUT2D eigenvalue weighted by atomic mass is 10.1. The largest absolute Gasteiger partial charge is 0.367 e. The van der Waals surface area contributed by atoms with Gasteiger partial charge in [-0.1, -0.05) is 26.7 Å². The maximum Gasteiger partial charge on any atom is 0.0569 e. The molecule has 0 aromatic carbocycles. The smallest absolute Gasteiger partial charge is 0.0569 e. The zero-order chi connectivity index (χ0) is 13.8. The fraction of sp³-hybridized carbons (Fsp3) is 0.688. The van der Waals surface area contributed by atoms with E-state index in [1.165, 1.54) is 31.4 Å². The zero-order valence-corrected chi connectivity index (χ0v) is 12.5. The van der Waals surface area contributed by atoms with Crippen molar-refractivity contribution in [3.05, 3.63) is 24.0 Å². The molecular formula is C16H27N3. The van der Waals surface area contributed by atoms with Gasteiger partial charge in [-0.25, -0.2) is 0 Å². The van der Waals surface area contributed by atoms with Gasteiger partial charge in [-0.15, -0.1) is 0 Å². The van der Waals surface area contributed by atoms with Gasteiger partial charge in [-0.05, 0) is 37.8 Å². The molecule has 0 bridgehead atoms. The predicted octanol–water partition coefficient (Wildman–Crippen LogP) is 3.51. The number of aromatic nitrogens is 1. The van der Waals surface area contributed by atoms with Gasteiger partial charge in [0.25, 0.3) is 0 Å². The average Bonchev–Trinajstić information content (AvgIpc) is 2.89. The molecule has 19 heavy (non-hydrogen) atoms. The summed E-state index contributed by atoms with van der Waals surface area (Å²) in [4.78, 5) is 7.06. The summed E-state index contributed by atoms with van der Waals surface area (Å²) in [5.74, 6) is 0.675. The van der Waals surface area contributed by atoms with Gasteiger partial charge < -0.3 is 10.6 Å². The van der Waals surface area contributed by atoms with Crippen molar-refractivity contribution in [1.82, 2.24) is 4.98 Å². The lowest BCUT2D eigenvalue weighted by Gasteiger charge is -2.32. The summed E-state index contributed by atoms with van der Waals surface area (Å²) in [6.45, 7) is 7.66. The molecule has 1 aromatic heterocycles. The SMILES string of the molecule is CC(C)CN(c1ccc(C(C)N)nc1)C1CCCC1. The summed E-state index contributed by atoms with van der Waals surface area (Å²) in [5, 5.41) is 0. The highest BCUT2D eigenvalue weighted by Gasteiger charge is 2.23. The second-order valence-corrected chi connectivity index (χ2v) is 6.21. The van der Waals surface area contributed by atoms with E-state index in [-0.39, 0.29) is 6.04 Å². The Morgan fingerprint density at radius 3 is 2.42 bits per heavy atom. The van der Waals surface area contributed by atoms with Crippen molar-refractivity contribution in [3.8, 4) is 0 Å². The molecule has 1 aliphatic rings. The second-order valence-electron chi connectivity index (χ2n) is 6.21. The molecule has 2 rings (SSSR count). The van der Waals surface area contributed by atoms with E-state index in [0.29, 0.717) is 12.0 Å². The minimum Gasteiger partial charge on any atom is -0.367 e. The van der Waals surface area contributed by atoms with Crippen molar-refractivity contribution in [3.63, 3.8) is 0 Å². The molecule has 3 heteroatoms. The first kappa shape index (κ1) is 14.3. The Labute approximate surface area is 117 Å². The molecule has 1 aromatic rings. The number of anilines is 1. The number of rotatable bonds is 5. The first-order chi connectivity index (χ1) is 9.08. The minimum atomic E-state index is 0.0130. The summed E-state index contributed by atoms with van der Waals surface area (Å²) >= 11 is 0.